The molecule has 4 heteroatoms. The van der Waals surface area contributed by atoms with Gasteiger partial charge >= 0.3 is 0 Å². The van der Waals surface area contributed by atoms with Crippen LogP contribution in [-0.2, 0) is 14.9 Å². The fourth-order valence-electron chi connectivity index (χ4n) is 2.44. The van der Waals surface area contributed by atoms with Crippen LogP contribution in [0.5, 0.6) is 0 Å². The molecule has 1 unspecified atom stereocenters. The average Bonchev–Trinajstić information content (AvgIpc) is 3.11. The number of carbonyl (C=O) groups is 1. The zero-order valence-electron chi connectivity index (χ0n) is 10.7. The van der Waals surface area contributed by atoms with Crippen molar-refractivity contribution in [2.75, 3.05) is 13.7 Å². The zero-order valence-corrected chi connectivity index (χ0v) is 12.3. The van der Waals surface area contributed by atoms with E-state index < -0.39 is 0 Å². The lowest BCUT2D eigenvalue weighted by Gasteiger charge is -2.25. The molecule has 1 aliphatic rings. The fourth-order valence-corrected chi connectivity index (χ4v) is 2.70. The van der Waals surface area contributed by atoms with Crippen LogP contribution in [0.4, 0.5) is 0 Å². The molecule has 0 heterocycles. The maximum Gasteiger partial charge on any atom is 0.246 e. The van der Waals surface area contributed by atoms with E-state index in [1.165, 1.54) is 12.7 Å². The second-order valence-electron chi connectivity index (χ2n) is 4.89. The minimum Gasteiger partial charge on any atom is -0.375 e. The van der Waals surface area contributed by atoms with Gasteiger partial charge in [-0.05, 0) is 37.5 Å². The van der Waals surface area contributed by atoms with Crippen LogP contribution in [0, 0.1) is 0 Å². The van der Waals surface area contributed by atoms with Gasteiger partial charge in [0.1, 0.15) is 6.61 Å². The topological polar surface area (TPSA) is 38.3 Å². The van der Waals surface area contributed by atoms with E-state index in [9.17, 15) is 4.79 Å². The number of halogens is 1. The van der Waals surface area contributed by atoms with Gasteiger partial charge in [-0.15, -0.1) is 0 Å². The van der Waals surface area contributed by atoms with E-state index in [4.69, 9.17) is 4.74 Å². The molecular weight excluding hydrogens is 294 g/mol. The Balaban J connectivity index is 2.07. The predicted octanol–water partition coefficient (Wildman–Crippen LogP) is 2.63. The minimum absolute atomic E-state index is 0.0478. The Bertz CT molecular complexity index is 426. The van der Waals surface area contributed by atoms with Gasteiger partial charge in [-0.1, -0.05) is 28.1 Å². The van der Waals surface area contributed by atoms with Gasteiger partial charge in [0.15, 0.2) is 0 Å². The molecule has 2 rings (SSSR count). The van der Waals surface area contributed by atoms with Crippen LogP contribution in [0.25, 0.3) is 0 Å². The van der Waals surface area contributed by atoms with Crippen molar-refractivity contribution >= 4 is 21.8 Å². The molecule has 1 aliphatic carbocycles. The van der Waals surface area contributed by atoms with E-state index in [0.717, 1.165) is 17.3 Å². The van der Waals surface area contributed by atoms with E-state index in [2.05, 4.69) is 52.4 Å². The summed E-state index contributed by atoms with van der Waals surface area (Å²) in [6.07, 6.45) is 2.26. The molecule has 0 aliphatic heterocycles. The monoisotopic (exact) mass is 311 g/mol. The molecule has 0 radical (unpaired) electrons. The lowest BCUT2D eigenvalue weighted by Crippen LogP contribution is -2.42. The number of nitrogens with one attached hydrogen (secondary N) is 1. The normalized spacial score (nSPS) is 18.2. The molecule has 1 amide bonds. The van der Waals surface area contributed by atoms with Gasteiger partial charge in [0, 0.05) is 23.0 Å². The standard InChI is InChI=1S/C14H18BrNO2/c1-10(16-13(17)9-18-2)14(7-8-14)11-3-5-12(15)6-4-11/h3-6,10H,7-9H2,1-2H3,(H,16,17). The molecule has 1 atom stereocenters. The third-order valence-corrected chi connectivity index (χ3v) is 4.22. The Morgan fingerprint density at radius 1 is 1.44 bits per heavy atom. The second-order valence-corrected chi connectivity index (χ2v) is 5.80. The highest BCUT2D eigenvalue weighted by atomic mass is 79.9. The van der Waals surface area contributed by atoms with E-state index in [1.807, 2.05) is 0 Å². The summed E-state index contributed by atoms with van der Waals surface area (Å²) >= 11 is 3.44. The summed E-state index contributed by atoms with van der Waals surface area (Å²) in [5.74, 6) is -0.0478. The van der Waals surface area contributed by atoms with Gasteiger partial charge in [-0.2, -0.15) is 0 Å². The first-order valence-electron chi connectivity index (χ1n) is 6.13. The van der Waals surface area contributed by atoms with Crippen LogP contribution in [0.1, 0.15) is 25.3 Å². The van der Waals surface area contributed by atoms with Crippen LogP contribution < -0.4 is 5.32 Å². The second kappa shape index (κ2) is 5.41. The first-order valence-corrected chi connectivity index (χ1v) is 6.92. The molecule has 0 bridgehead atoms. The maximum absolute atomic E-state index is 11.6. The van der Waals surface area contributed by atoms with Crippen LogP contribution in [0.2, 0.25) is 0 Å². The van der Waals surface area contributed by atoms with Gasteiger partial charge in [0.25, 0.3) is 0 Å². The summed E-state index contributed by atoms with van der Waals surface area (Å²) < 4.78 is 5.92. The summed E-state index contributed by atoms with van der Waals surface area (Å²) in [5.41, 5.74) is 1.42. The van der Waals surface area contributed by atoms with Crippen molar-refractivity contribution in [1.82, 2.24) is 5.32 Å². The molecule has 98 valence electrons. The average molecular weight is 312 g/mol. The summed E-state index contributed by atoms with van der Waals surface area (Å²) in [6, 6.07) is 8.52. The molecule has 1 aromatic rings. The molecule has 0 aromatic heterocycles. The quantitative estimate of drug-likeness (QED) is 0.908. The number of hydrogen-bond acceptors (Lipinski definition) is 2. The van der Waals surface area contributed by atoms with Crippen LogP contribution in [0.3, 0.4) is 0 Å². The summed E-state index contributed by atoms with van der Waals surface area (Å²) in [6.45, 7) is 2.20. The molecule has 1 N–H and O–H groups in total. The first-order chi connectivity index (χ1) is 8.58. The van der Waals surface area contributed by atoms with E-state index in [-0.39, 0.29) is 24.0 Å². The van der Waals surface area contributed by atoms with Crippen molar-refractivity contribution in [2.45, 2.75) is 31.2 Å². The maximum atomic E-state index is 11.6. The third kappa shape index (κ3) is 2.75. The van der Waals surface area contributed by atoms with Crippen LogP contribution in [0.15, 0.2) is 28.7 Å². The fraction of sp³-hybridized carbons (Fsp3) is 0.500. The smallest absolute Gasteiger partial charge is 0.246 e. The highest BCUT2D eigenvalue weighted by molar-refractivity contribution is 9.10. The number of methoxy groups -OCH3 is 1. The molecule has 18 heavy (non-hydrogen) atoms. The Morgan fingerprint density at radius 2 is 2.06 bits per heavy atom. The van der Waals surface area contributed by atoms with Crippen LogP contribution in [-0.4, -0.2) is 25.7 Å². The molecule has 0 saturated heterocycles. The van der Waals surface area contributed by atoms with Crippen LogP contribution >= 0.6 is 15.9 Å². The van der Waals surface area contributed by atoms with Crippen molar-refractivity contribution in [3.8, 4) is 0 Å². The van der Waals surface area contributed by atoms with E-state index in [1.54, 1.807) is 0 Å². The zero-order chi connectivity index (χ0) is 13.2. The van der Waals surface area contributed by atoms with Crippen molar-refractivity contribution in [3.63, 3.8) is 0 Å². The van der Waals surface area contributed by atoms with Crippen molar-refractivity contribution in [1.29, 1.82) is 0 Å². The van der Waals surface area contributed by atoms with Gasteiger partial charge in [-0.3, -0.25) is 4.79 Å². The number of ether oxygens (including phenoxy) is 1. The summed E-state index contributed by atoms with van der Waals surface area (Å²) in [4.78, 5) is 11.6. The number of hydrogen-bond donors (Lipinski definition) is 1. The van der Waals surface area contributed by atoms with Gasteiger partial charge in [0.2, 0.25) is 5.91 Å². The largest absolute Gasteiger partial charge is 0.375 e. The lowest BCUT2D eigenvalue weighted by atomic mass is 9.89. The molecule has 1 fully saturated rings. The molecule has 3 nitrogen and oxygen atoms in total. The Hall–Kier alpha value is -0.870. The molecule has 1 aromatic carbocycles. The van der Waals surface area contributed by atoms with Crippen molar-refractivity contribution < 1.29 is 9.53 Å². The Kier molecular flexibility index (Phi) is 4.07. The number of carbonyl (C=O) groups excluding carboxylic acids is 1. The first kappa shape index (κ1) is 13.6. The number of amides is 1. The van der Waals surface area contributed by atoms with Gasteiger partial charge < -0.3 is 10.1 Å². The SMILES string of the molecule is COCC(=O)NC(C)C1(c2ccc(Br)cc2)CC1. The van der Waals surface area contributed by atoms with Gasteiger partial charge in [-0.25, -0.2) is 0 Å². The number of rotatable bonds is 5. The summed E-state index contributed by atoms with van der Waals surface area (Å²) in [5, 5.41) is 3.02. The minimum atomic E-state index is -0.0478. The highest BCUT2D eigenvalue weighted by Gasteiger charge is 2.49. The summed E-state index contributed by atoms with van der Waals surface area (Å²) in [7, 11) is 1.53. The number of benzene rings is 1. The van der Waals surface area contributed by atoms with E-state index >= 15 is 0 Å². The van der Waals surface area contributed by atoms with Crippen molar-refractivity contribution in [3.05, 3.63) is 34.3 Å². The predicted molar refractivity (Wildman–Crippen MR) is 74.5 cm³/mol. The van der Waals surface area contributed by atoms with Crippen molar-refractivity contribution in [2.24, 2.45) is 0 Å². The van der Waals surface area contributed by atoms with E-state index in [0.29, 0.717) is 0 Å². The molecule has 1 saturated carbocycles. The highest BCUT2D eigenvalue weighted by Crippen LogP contribution is 2.51. The Morgan fingerprint density at radius 3 is 2.56 bits per heavy atom. The van der Waals surface area contributed by atoms with Gasteiger partial charge in [0.05, 0.1) is 0 Å². The molecule has 0 spiro atoms. The Labute approximate surface area is 116 Å². The molecular formula is C14H18BrNO2. The lowest BCUT2D eigenvalue weighted by molar-refractivity contribution is -0.125. The third-order valence-electron chi connectivity index (χ3n) is 3.69.